The lowest BCUT2D eigenvalue weighted by Gasteiger charge is -2.35. The fourth-order valence-corrected chi connectivity index (χ4v) is 3.16. The Hall–Kier alpha value is -1.89. The molecule has 2 rings (SSSR count). The number of amides is 2. The number of rotatable bonds is 7. The highest BCUT2D eigenvalue weighted by Crippen LogP contribution is 2.22. The third kappa shape index (κ3) is 4.56. The van der Waals surface area contributed by atoms with E-state index in [-0.39, 0.29) is 23.9 Å². The number of nitrogens with zero attached hydrogens (tertiary/aromatic N) is 3. The number of anilines is 1. The molecule has 0 aliphatic carbocycles. The van der Waals surface area contributed by atoms with Crippen molar-refractivity contribution in [3.8, 4) is 0 Å². The van der Waals surface area contributed by atoms with Crippen LogP contribution in [0.2, 0.25) is 0 Å². The van der Waals surface area contributed by atoms with Crippen molar-refractivity contribution in [3.05, 3.63) is 12.3 Å². The number of hydrogen-bond donors (Lipinski definition) is 2. The first-order valence-electron chi connectivity index (χ1n) is 8.79. The minimum absolute atomic E-state index is 0.0200. The van der Waals surface area contributed by atoms with Crippen LogP contribution in [0.25, 0.3) is 0 Å². The first-order valence-corrected chi connectivity index (χ1v) is 8.79. The number of hydrogen-bond acceptors (Lipinski definition) is 4. The van der Waals surface area contributed by atoms with Gasteiger partial charge < -0.3 is 11.1 Å². The Bertz CT molecular complexity index is 563. The molecule has 3 N–H and O–H groups in total. The summed E-state index contributed by atoms with van der Waals surface area (Å²) >= 11 is 0. The highest BCUT2D eigenvalue weighted by molar-refractivity contribution is 5.93. The molecule has 1 aliphatic heterocycles. The van der Waals surface area contributed by atoms with Gasteiger partial charge >= 0.3 is 0 Å². The summed E-state index contributed by atoms with van der Waals surface area (Å²) in [5.41, 5.74) is 5.27. The van der Waals surface area contributed by atoms with Gasteiger partial charge in [-0.3, -0.25) is 14.5 Å². The van der Waals surface area contributed by atoms with Crippen molar-refractivity contribution in [2.75, 3.05) is 18.4 Å². The molecule has 1 aliphatic rings. The van der Waals surface area contributed by atoms with E-state index in [1.54, 1.807) is 6.20 Å². The molecule has 2 heterocycles. The maximum absolute atomic E-state index is 12.6. The van der Waals surface area contributed by atoms with E-state index >= 15 is 0 Å². The third-order valence-corrected chi connectivity index (χ3v) is 5.00. The number of carbonyl (C=O) groups excluding carboxylic acids is 2. The molecule has 24 heavy (non-hydrogen) atoms. The first kappa shape index (κ1) is 18.4. The molecule has 1 saturated heterocycles. The highest BCUT2D eigenvalue weighted by Gasteiger charge is 2.27. The maximum atomic E-state index is 12.6. The van der Waals surface area contributed by atoms with Gasteiger partial charge in [-0.1, -0.05) is 6.92 Å². The van der Waals surface area contributed by atoms with Gasteiger partial charge in [-0.15, -0.1) is 0 Å². The van der Waals surface area contributed by atoms with Crippen LogP contribution in [0.1, 0.15) is 52.5 Å². The molecule has 7 nitrogen and oxygen atoms in total. The van der Waals surface area contributed by atoms with Crippen molar-refractivity contribution in [2.24, 2.45) is 11.7 Å². The molecule has 0 spiro atoms. The fraction of sp³-hybridized carbons (Fsp3) is 0.706. The van der Waals surface area contributed by atoms with Crippen molar-refractivity contribution in [2.45, 2.75) is 58.5 Å². The summed E-state index contributed by atoms with van der Waals surface area (Å²) in [6, 6.07) is 1.87. The molecule has 134 valence electrons. The van der Waals surface area contributed by atoms with Crippen LogP contribution >= 0.6 is 0 Å². The van der Waals surface area contributed by atoms with Crippen LogP contribution < -0.4 is 11.1 Å². The molecule has 2 amide bonds. The predicted octanol–water partition coefficient (Wildman–Crippen LogP) is 1.77. The Morgan fingerprint density at radius 1 is 1.38 bits per heavy atom. The summed E-state index contributed by atoms with van der Waals surface area (Å²) in [6.07, 6.45) is 4.93. The SMILES string of the molecule is CCC(C)n1nccc1NC(=O)C(C)N1CCC(CC(N)=O)CC1. The van der Waals surface area contributed by atoms with Crippen LogP contribution in [0.5, 0.6) is 0 Å². The number of likely N-dealkylation sites (tertiary alicyclic amines) is 1. The Labute approximate surface area is 143 Å². The number of nitrogens with one attached hydrogen (secondary N) is 1. The van der Waals surface area contributed by atoms with Crippen molar-refractivity contribution in [1.29, 1.82) is 0 Å². The molecule has 1 aromatic heterocycles. The minimum atomic E-state index is -0.238. The van der Waals surface area contributed by atoms with Crippen LogP contribution in [-0.2, 0) is 9.59 Å². The van der Waals surface area contributed by atoms with Gasteiger partial charge in [0, 0.05) is 12.5 Å². The number of nitrogens with two attached hydrogens (primary N) is 1. The standard InChI is InChI=1S/C17H29N5O2/c1-4-12(2)22-16(5-8-19-22)20-17(24)13(3)21-9-6-14(7-10-21)11-15(18)23/h5,8,12-14H,4,6-7,9-11H2,1-3H3,(H2,18,23)(H,20,24). The predicted molar refractivity (Wildman–Crippen MR) is 93.4 cm³/mol. The van der Waals surface area contributed by atoms with Crippen LogP contribution in [0.3, 0.4) is 0 Å². The number of piperidine rings is 1. The normalized spacial score (nSPS) is 19.0. The Morgan fingerprint density at radius 2 is 2.04 bits per heavy atom. The van der Waals surface area contributed by atoms with Crippen LogP contribution in [0.4, 0.5) is 5.82 Å². The summed E-state index contributed by atoms with van der Waals surface area (Å²) in [4.78, 5) is 25.7. The zero-order valence-corrected chi connectivity index (χ0v) is 14.9. The Balaban J connectivity index is 1.89. The molecular formula is C17H29N5O2. The molecule has 1 aromatic rings. The molecule has 1 fully saturated rings. The van der Waals surface area contributed by atoms with Gasteiger partial charge in [0.25, 0.3) is 0 Å². The van der Waals surface area contributed by atoms with E-state index in [9.17, 15) is 9.59 Å². The molecule has 2 atom stereocenters. The second-order valence-corrected chi connectivity index (χ2v) is 6.73. The van der Waals surface area contributed by atoms with Crippen LogP contribution in [0, 0.1) is 5.92 Å². The number of primary amides is 1. The van der Waals surface area contributed by atoms with Crippen molar-refractivity contribution >= 4 is 17.6 Å². The van der Waals surface area contributed by atoms with E-state index in [2.05, 4.69) is 29.2 Å². The monoisotopic (exact) mass is 335 g/mol. The number of aromatic nitrogens is 2. The lowest BCUT2D eigenvalue weighted by molar-refractivity contribution is -0.122. The summed E-state index contributed by atoms with van der Waals surface area (Å²) in [6.45, 7) is 7.73. The average molecular weight is 335 g/mol. The second kappa shape index (κ2) is 8.28. The Morgan fingerprint density at radius 3 is 2.62 bits per heavy atom. The molecule has 7 heteroatoms. The summed E-state index contributed by atoms with van der Waals surface area (Å²) < 4.78 is 1.85. The fourth-order valence-electron chi connectivity index (χ4n) is 3.16. The van der Waals surface area contributed by atoms with E-state index in [0.717, 1.165) is 38.2 Å². The smallest absolute Gasteiger partial charge is 0.242 e. The second-order valence-electron chi connectivity index (χ2n) is 6.73. The summed E-state index contributed by atoms with van der Waals surface area (Å²) in [7, 11) is 0. The zero-order valence-electron chi connectivity index (χ0n) is 14.9. The topological polar surface area (TPSA) is 93.2 Å². The summed E-state index contributed by atoms with van der Waals surface area (Å²) in [5, 5.41) is 7.29. The van der Waals surface area contributed by atoms with Gasteiger partial charge in [0.05, 0.1) is 18.3 Å². The summed E-state index contributed by atoms with van der Waals surface area (Å²) in [5.74, 6) is 0.830. The van der Waals surface area contributed by atoms with Crippen molar-refractivity contribution in [1.82, 2.24) is 14.7 Å². The molecule has 2 unspecified atom stereocenters. The molecule has 0 radical (unpaired) electrons. The van der Waals surface area contributed by atoms with Gasteiger partial charge in [-0.05, 0) is 52.1 Å². The lowest BCUT2D eigenvalue weighted by atomic mass is 9.92. The van der Waals surface area contributed by atoms with Crippen LogP contribution in [-0.4, -0.2) is 45.6 Å². The number of carbonyl (C=O) groups is 2. The largest absolute Gasteiger partial charge is 0.370 e. The minimum Gasteiger partial charge on any atom is -0.370 e. The third-order valence-electron chi connectivity index (χ3n) is 5.00. The van der Waals surface area contributed by atoms with E-state index < -0.39 is 0 Å². The average Bonchev–Trinajstić information content (AvgIpc) is 3.01. The Kier molecular flexibility index (Phi) is 6.36. The van der Waals surface area contributed by atoms with E-state index in [1.807, 2.05) is 17.7 Å². The van der Waals surface area contributed by atoms with E-state index in [4.69, 9.17) is 5.73 Å². The van der Waals surface area contributed by atoms with Crippen LogP contribution in [0.15, 0.2) is 12.3 Å². The van der Waals surface area contributed by atoms with Crippen molar-refractivity contribution < 1.29 is 9.59 Å². The molecular weight excluding hydrogens is 306 g/mol. The van der Waals surface area contributed by atoms with Gasteiger partial charge in [0.15, 0.2) is 0 Å². The van der Waals surface area contributed by atoms with Gasteiger partial charge in [-0.2, -0.15) is 5.10 Å². The molecule has 0 saturated carbocycles. The highest BCUT2D eigenvalue weighted by atomic mass is 16.2. The maximum Gasteiger partial charge on any atom is 0.242 e. The molecule has 0 aromatic carbocycles. The molecule has 0 bridgehead atoms. The lowest BCUT2D eigenvalue weighted by Crippen LogP contribution is -2.46. The van der Waals surface area contributed by atoms with E-state index in [1.165, 1.54) is 0 Å². The first-order chi connectivity index (χ1) is 11.4. The van der Waals surface area contributed by atoms with E-state index in [0.29, 0.717) is 12.3 Å². The van der Waals surface area contributed by atoms with Gasteiger partial charge in [0.1, 0.15) is 5.82 Å². The van der Waals surface area contributed by atoms with Gasteiger partial charge in [-0.25, -0.2) is 4.68 Å². The van der Waals surface area contributed by atoms with Gasteiger partial charge in [0.2, 0.25) is 11.8 Å². The quantitative estimate of drug-likeness (QED) is 0.794. The zero-order chi connectivity index (χ0) is 17.7. The van der Waals surface area contributed by atoms with Crippen molar-refractivity contribution in [3.63, 3.8) is 0 Å².